The Balaban J connectivity index is 2.12. The minimum absolute atomic E-state index is 0.212. The number of methoxy groups -OCH3 is 1. The van der Waals surface area contributed by atoms with Gasteiger partial charge in [0.25, 0.3) is 0 Å². The fourth-order valence-corrected chi connectivity index (χ4v) is 2.96. The van der Waals surface area contributed by atoms with Crippen LogP contribution in [0.5, 0.6) is 5.88 Å². The largest absolute Gasteiger partial charge is 0.407 e. The summed E-state index contributed by atoms with van der Waals surface area (Å²) in [5.41, 5.74) is 3.90. The van der Waals surface area contributed by atoms with E-state index in [1.54, 1.807) is 17.9 Å². The molecular formula is C21H30N2O3. The minimum Gasteiger partial charge on any atom is -0.407 e. The highest BCUT2D eigenvalue weighted by molar-refractivity contribution is 5.72. The molecule has 1 aromatic heterocycles. The molecular weight excluding hydrogens is 328 g/mol. The van der Waals surface area contributed by atoms with Gasteiger partial charge in [0.05, 0.1) is 18.0 Å². The van der Waals surface area contributed by atoms with Crippen LogP contribution < -0.4 is 4.74 Å². The van der Waals surface area contributed by atoms with Crippen molar-refractivity contribution in [2.24, 2.45) is 0 Å². The first-order valence-electron chi connectivity index (χ1n) is 9.41. The van der Waals surface area contributed by atoms with Gasteiger partial charge in [-0.15, -0.1) is 0 Å². The van der Waals surface area contributed by atoms with Crippen molar-refractivity contribution >= 4 is 5.97 Å². The van der Waals surface area contributed by atoms with Crippen LogP contribution in [0, 0.1) is 13.8 Å². The molecule has 0 aliphatic rings. The number of carbonyl (C=O) groups is 1. The lowest BCUT2D eigenvalue weighted by molar-refractivity contribution is -0.134. The third-order valence-corrected chi connectivity index (χ3v) is 4.30. The van der Waals surface area contributed by atoms with Gasteiger partial charge in [-0.3, -0.25) is 4.79 Å². The van der Waals surface area contributed by atoms with Crippen molar-refractivity contribution in [3.8, 4) is 11.6 Å². The first-order valence-corrected chi connectivity index (χ1v) is 9.41. The maximum absolute atomic E-state index is 12.2. The van der Waals surface area contributed by atoms with E-state index in [0.29, 0.717) is 18.9 Å². The molecule has 0 amide bonds. The summed E-state index contributed by atoms with van der Waals surface area (Å²) in [4.78, 5) is 12.2. The zero-order valence-electron chi connectivity index (χ0n) is 16.4. The van der Waals surface area contributed by atoms with Crippen LogP contribution in [0.4, 0.5) is 0 Å². The van der Waals surface area contributed by atoms with Crippen molar-refractivity contribution in [2.75, 3.05) is 7.11 Å². The van der Waals surface area contributed by atoms with Gasteiger partial charge in [-0.05, 0) is 31.9 Å². The molecule has 0 unspecified atom stereocenters. The summed E-state index contributed by atoms with van der Waals surface area (Å²) in [6, 6.07) is 7.89. The molecule has 5 nitrogen and oxygen atoms in total. The van der Waals surface area contributed by atoms with E-state index in [0.717, 1.165) is 29.8 Å². The molecule has 0 bridgehead atoms. The Bertz CT molecular complexity index is 722. The Kier molecular flexibility index (Phi) is 7.85. The lowest BCUT2D eigenvalue weighted by Crippen LogP contribution is -2.11. The predicted octanol–water partition coefficient (Wildman–Crippen LogP) is 4.90. The molecule has 0 aliphatic carbocycles. The first-order chi connectivity index (χ1) is 12.5. The van der Waals surface area contributed by atoms with Crippen molar-refractivity contribution < 1.29 is 14.3 Å². The fraction of sp³-hybridized carbons (Fsp3) is 0.524. The van der Waals surface area contributed by atoms with Gasteiger partial charge in [-0.1, -0.05) is 50.3 Å². The van der Waals surface area contributed by atoms with Crippen LogP contribution in [-0.4, -0.2) is 22.9 Å². The van der Waals surface area contributed by atoms with Crippen LogP contribution in [0.25, 0.3) is 5.69 Å². The predicted molar refractivity (Wildman–Crippen MR) is 103 cm³/mol. The Morgan fingerprint density at radius 3 is 2.58 bits per heavy atom. The second-order valence-corrected chi connectivity index (χ2v) is 6.75. The number of nitrogens with zero attached hydrogens (tertiary/aromatic N) is 2. The zero-order chi connectivity index (χ0) is 18.9. The fourth-order valence-electron chi connectivity index (χ4n) is 2.96. The number of unbranched alkanes of at least 4 members (excludes halogenated alkanes) is 4. The van der Waals surface area contributed by atoms with E-state index in [1.165, 1.54) is 24.8 Å². The first kappa shape index (κ1) is 20.2. The van der Waals surface area contributed by atoms with Crippen LogP contribution in [0.1, 0.15) is 62.3 Å². The normalized spacial score (nSPS) is 10.9. The van der Waals surface area contributed by atoms with Crippen molar-refractivity contribution in [1.82, 2.24) is 9.78 Å². The Labute approximate surface area is 156 Å². The topological polar surface area (TPSA) is 53.4 Å². The number of hydrogen-bond acceptors (Lipinski definition) is 4. The van der Waals surface area contributed by atoms with Gasteiger partial charge >= 0.3 is 5.97 Å². The molecule has 0 fully saturated rings. The molecule has 0 radical (unpaired) electrons. The molecule has 0 saturated heterocycles. The summed E-state index contributed by atoms with van der Waals surface area (Å²) < 4.78 is 12.5. The number of carbonyl (C=O) groups excluding carboxylic acids is 1. The molecule has 142 valence electrons. The molecule has 2 rings (SSSR count). The van der Waals surface area contributed by atoms with E-state index in [9.17, 15) is 4.79 Å². The Morgan fingerprint density at radius 1 is 1.12 bits per heavy atom. The average molecular weight is 358 g/mol. The smallest absolute Gasteiger partial charge is 0.312 e. The maximum atomic E-state index is 12.2. The highest BCUT2D eigenvalue weighted by Gasteiger charge is 2.16. The van der Waals surface area contributed by atoms with Gasteiger partial charge in [0.1, 0.15) is 0 Å². The maximum Gasteiger partial charge on any atom is 0.312 e. The quantitative estimate of drug-likeness (QED) is 0.448. The summed E-state index contributed by atoms with van der Waals surface area (Å²) in [6.45, 7) is 6.63. The monoisotopic (exact) mass is 358 g/mol. The zero-order valence-corrected chi connectivity index (χ0v) is 16.4. The van der Waals surface area contributed by atoms with E-state index in [-0.39, 0.29) is 5.97 Å². The Morgan fingerprint density at radius 2 is 1.88 bits per heavy atom. The third kappa shape index (κ3) is 5.70. The SMILES string of the molecule is CCCCCCCC(=O)Oc1cc(COC)nn1-c1ccc(C)cc1C. The average Bonchev–Trinajstić information content (AvgIpc) is 2.97. The lowest BCUT2D eigenvalue weighted by Gasteiger charge is -2.11. The number of esters is 1. The van der Waals surface area contributed by atoms with Gasteiger partial charge < -0.3 is 9.47 Å². The minimum atomic E-state index is -0.212. The highest BCUT2D eigenvalue weighted by atomic mass is 16.5. The van der Waals surface area contributed by atoms with Crippen LogP contribution in [0.3, 0.4) is 0 Å². The van der Waals surface area contributed by atoms with E-state index >= 15 is 0 Å². The Hall–Kier alpha value is -2.14. The van der Waals surface area contributed by atoms with Crippen LogP contribution in [0.2, 0.25) is 0 Å². The summed E-state index contributed by atoms with van der Waals surface area (Å²) >= 11 is 0. The number of aromatic nitrogens is 2. The molecule has 0 atom stereocenters. The molecule has 1 heterocycles. The van der Waals surface area contributed by atoms with E-state index in [2.05, 4.69) is 25.0 Å². The molecule has 2 aromatic rings. The van der Waals surface area contributed by atoms with Gasteiger partial charge in [0, 0.05) is 19.6 Å². The summed E-state index contributed by atoms with van der Waals surface area (Å²) in [7, 11) is 1.62. The molecule has 0 N–H and O–H groups in total. The number of aryl methyl sites for hydroxylation is 2. The molecule has 5 heteroatoms. The van der Waals surface area contributed by atoms with E-state index in [4.69, 9.17) is 9.47 Å². The van der Waals surface area contributed by atoms with Gasteiger partial charge in [-0.2, -0.15) is 5.10 Å². The summed E-state index contributed by atoms with van der Waals surface area (Å²) in [6.07, 6.45) is 5.94. The highest BCUT2D eigenvalue weighted by Crippen LogP contribution is 2.24. The molecule has 0 saturated carbocycles. The van der Waals surface area contributed by atoms with Gasteiger partial charge in [-0.25, -0.2) is 4.68 Å². The molecule has 0 aliphatic heterocycles. The van der Waals surface area contributed by atoms with Crippen molar-refractivity contribution in [3.63, 3.8) is 0 Å². The molecule has 0 spiro atoms. The number of benzene rings is 1. The van der Waals surface area contributed by atoms with Crippen molar-refractivity contribution in [2.45, 2.75) is 65.9 Å². The van der Waals surface area contributed by atoms with Crippen LogP contribution >= 0.6 is 0 Å². The standard InChI is InChI=1S/C21H30N2O3/c1-5-6-7-8-9-10-21(24)26-20-14-18(15-25-4)22-23(20)19-12-11-16(2)13-17(19)3/h11-14H,5-10,15H2,1-4H3. The molecule has 26 heavy (non-hydrogen) atoms. The lowest BCUT2D eigenvalue weighted by atomic mass is 10.1. The van der Waals surface area contributed by atoms with Gasteiger partial charge in [0.2, 0.25) is 5.88 Å². The second-order valence-electron chi connectivity index (χ2n) is 6.75. The van der Waals surface area contributed by atoms with Gasteiger partial charge in [0.15, 0.2) is 0 Å². The third-order valence-electron chi connectivity index (χ3n) is 4.30. The number of hydrogen-bond donors (Lipinski definition) is 0. The van der Waals surface area contributed by atoms with E-state index in [1.807, 2.05) is 19.1 Å². The number of ether oxygens (including phenoxy) is 2. The summed E-state index contributed by atoms with van der Waals surface area (Å²) in [5, 5.41) is 4.55. The second kappa shape index (κ2) is 10.1. The van der Waals surface area contributed by atoms with Crippen molar-refractivity contribution in [1.29, 1.82) is 0 Å². The number of rotatable bonds is 10. The van der Waals surface area contributed by atoms with E-state index < -0.39 is 0 Å². The van der Waals surface area contributed by atoms with Crippen LogP contribution in [0.15, 0.2) is 24.3 Å². The van der Waals surface area contributed by atoms with Crippen LogP contribution in [-0.2, 0) is 16.1 Å². The summed E-state index contributed by atoms with van der Waals surface area (Å²) in [5.74, 6) is 0.235. The van der Waals surface area contributed by atoms with Crippen molar-refractivity contribution in [3.05, 3.63) is 41.1 Å². The molecule has 1 aromatic carbocycles.